The van der Waals surface area contributed by atoms with E-state index in [1.807, 2.05) is 0 Å². The number of nitrogens with one attached hydrogen (secondary N) is 1. The zero-order chi connectivity index (χ0) is 21.9. The van der Waals surface area contributed by atoms with Gasteiger partial charge in [-0.15, -0.1) is 11.3 Å². The molecule has 0 unspecified atom stereocenters. The fourth-order valence-electron chi connectivity index (χ4n) is 2.64. The molecule has 0 atom stereocenters. The van der Waals surface area contributed by atoms with Crippen LogP contribution in [0.2, 0.25) is 0 Å². The number of halogens is 3. The van der Waals surface area contributed by atoms with Crippen LogP contribution in [0.1, 0.15) is 21.6 Å². The van der Waals surface area contributed by atoms with Gasteiger partial charge in [0.25, 0.3) is 0 Å². The summed E-state index contributed by atoms with van der Waals surface area (Å²) < 4.78 is 43.2. The molecule has 0 aliphatic heterocycles. The lowest BCUT2D eigenvalue weighted by Gasteiger charge is -2.10. The quantitative estimate of drug-likeness (QED) is 0.609. The summed E-state index contributed by atoms with van der Waals surface area (Å²) >= 11 is 1.22. The summed E-state index contributed by atoms with van der Waals surface area (Å²) in [7, 11) is 1.42. The maximum absolute atomic E-state index is 12.7. The zero-order valence-electron chi connectivity index (χ0n) is 15.6. The summed E-state index contributed by atoms with van der Waals surface area (Å²) in [6, 6.07) is 9.06. The van der Waals surface area contributed by atoms with Gasteiger partial charge in [-0.1, -0.05) is 12.1 Å². The van der Waals surface area contributed by atoms with Crippen LogP contribution in [0.4, 0.5) is 18.9 Å². The van der Waals surface area contributed by atoms with Crippen molar-refractivity contribution in [2.75, 3.05) is 12.4 Å². The van der Waals surface area contributed by atoms with E-state index in [2.05, 4.69) is 10.3 Å². The Hall–Kier alpha value is -3.40. The maximum atomic E-state index is 12.7. The molecule has 0 aliphatic rings. The highest BCUT2D eigenvalue weighted by molar-refractivity contribution is 7.13. The molecular formula is C20H16F3N3O3S. The van der Waals surface area contributed by atoms with Crippen molar-refractivity contribution in [3.8, 4) is 16.3 Å². The number of ether oxygens (including phenoxy) is 1. The molecule has 3 N–H and O–H groups in total. The second kappa shape index (κ2) is 8.54. The normalized spacial score (nSPS) is 11.2. The van der Waals surface area contributed by atoms with Crippen LogP contribution in [0.5, 0.6) is 5.75 Å². The van der Waals surface area contributed by atoms with E-state index in [-0.39, 0.29) is 17.7 Å². The van der Waals surface area contributed by atoms with Gasteiger partial charge in [-0.25, -0.2) is 4.98 Å². The van der Waals surface area contributed by atoms with Gasteiger partial charge in [0, 0.05) is 16.5 Å². The topological polar surface area (TPSA) is 94.3 Å². The maximum Gasteiger partial charge on any atom is 0.416 e. The number of carbonyl (C=O) groups is 2. The highest BCUT2D eigenvalue weighted by Crippen LogP contribution is 2.32. The van der Waals surface area contributed by atoms with Crippen molar-refractivity contribution in [2.45, 2.75) is 12.6 Å². The smallest absolute Gasteiger partial charge is 0.416 e. The molecule has 1 heterocycles. The number of amides is 2. The standard InChI is InChI=1S/C20H16F3N3O3S/c1-29-16-7-4-12(18(24)28)8-15(16)26-17(27)9-14-10-30-19(25-14)11-2-5-13(6-3-11)20(21,22)23/h2-8,10H,9H2,1H3,(H2,24,28)(H,26,27). The van der Waals surface area contributed by atoms with Crippen molar-refractivity contribution in [1.82, 2.24) is 4.98 Å². The van der Waals surface area contributed by atoms with Crippen molar-refractivity contribution < 1.29 is 27.5 Å². The van der Waals surface area contributed by atoms with Gasteiger partial charge in [0.2, 0.25) is 11.8 Å². The number of anilines is 1. The molecule has 0 radical (unpaired) electrons. The summed E-state index contributed by atoms with van der Waals surface area (Å²) in [4.78, 5) is 28.0. The fourth-order valence-corrected chi connectivity index (χ4v) is 3.47. The molecule has 3 rings (SSSR count). The lowest BCUT2D eigenvalue weighted by molar-refractivity contribution is -0.137. The number of alkyl halides is 3. The second-order valence-corrected chi connectivity index (χ2v) is 7.08. The number of primary amides is 1. The van der Waals surface area contributed by atoms with Gasteiger partial charge in [0.15, 0.2) is 0 Å². The van der Waals surface area contributed by atoms with E-state index in [1.165, 1.54) is 48.8 Å². The van der Waals surface area contributed by atoms with E-state index < -0.39 is 23.6 Å². The van der Waals surface area contributed by atoms with Crippen molar-refractivity contribution in [3.63, 3.8) is 0 Å². The summed E-state index contributed by atoms with van der Waals surface area (Å²) in [5, 5.41) is 4.80. The number of methoxy groups -OCH3 is 1. The molecule has 2 amide bonds. The molecule has 0 saturated heterocycles. The van der Waals surface area contributed by atoms with E-state index in [4.69, 9.17) is 10.5 Å². The summed E-state index contributed by atoms with van der Waals surface area (Å²) in [6.07, 6.45) is -4.47. The average Bonchev–Trinajstić information content (AvgIpc) is 3.15. The third-order valence-electron chi connectivity index (χ3n) is 4.11. The molecule has 0 spiro atoms. The van der Waals surface area contributed by atoms with Crippen molar-refractivity contribution in [1.29, 1.82) is 0 Å². The van der Waals surface area contributed by atoms with Gasteiger partial charge in [-0.3, -0.25) is 9.59 Å². The predicted molar refractivity (Wildman–Crippen MR) is 106 cm³/mol. The third-order valence-corrected chi connectivity index (χ3v) is 5.05. The largest absolute Gasteiger partial charge is 0.495 e. The fraction of sp³-hybridized carbons (Fsp3) is 0.150. The van der Waals surface area contributed by atoms with Crippen LogP contribution in [0, 0.1) is 0 Å². The number of thiazole rings is 1. The Morgan fingerprint density at radius 2 is 1.87 bits per heavy atom. The Balaban J connectivity index is 1.71. The third kappa shape index (κ3) is 4.95. The molecular weight excluding hydrogens is 419 g/mol. The first-order chi connectivity index (χ1) is 14.2. The highest BCUT2D eigenvalue weighted by Gasteiger charge is 2.30. The first kappa shape index (κ1) is 21.3. The summed E-state index contributed by atoms with van der Waals surface area (Å²) in [6.45, 7) is 0. The highest BCUT2D eigenvalue weighted by atomic mass is 32.1. The molecule has 0 aliphatic carbocycles. The number of aromatic nitrogens is 1. The van der Waals surface area contributed by atoms with Gasteiger partial charge in [-0.2, -0.15) is 13.2 Å². The van der Waals surface area contributed by atoms with E-state index in [1.54, 1.807) is 5.38 Å². The number of rotatable bonds is 6. The number of carbonyl (C=O) groups excluding carboxylic acids is 2. The van der Waals surface area contributed by atoms with Crippen molar-refractivity contribution in [2.24, 2.45) is 5.73 Å². The summed E-state index contributed by atoms with van der Waals surface area (Å²) in [5.74, 6) is -0.690. The van der Waals surface area contributed by atoms with Crippen LogP contribution in [-0.4, -0.2) is 23.9 Å². The van der Waals surface area contributed by atoms with Crippen LogP contribution in [-0.2, 0) is 17.4 Å². The molecule has 10 heteroatoms. The SMILES string of the molecule is COc1ccc(C(N)=O)cc1NC(=O)Cc1csc(-c2ccc(C(F)(F)F)cc2)n1. The van der Waals surface area contributed by atoms with Crippen LogP contribution >= 0.6 is 11.3 Å². The summed E-state index contributed by atoms with van der Waals surface area (Å²) in [5.41, 5.74) is 6.00. The van der Waals surface area contributed by atoms with Gasteiger partial charge < -0.3 is 15.8 Å². The molecule has 30 heavy (non-hydrogen) atoms. The van der Waals surface area contributed by atoms with Gasteiger partial charge in [0.05, 0.1) is 30.5 Å². The van der Waals surface area contributed by atoms with Crippen LogP contribution in [0.15, 0.2) is 47.8 Å². The minimum Gasteiger partial charge on any atom is -0.495 e. The number of hydrogen-bond acceptors (Lipinski definition) is 5. The van der Waals surface area contributed by atoms with E-state index in [0.29, 0.717) is 22.0 Å². The molecule has 2 aromatic carbocycles. The van der Waals surface area contributed by atoms with E-state index in [0.717, 1.165) is 12.1 Å². The Kier molecular flexibility index (Phi) is 6.06. The van der Waals surface area contributed by atoms with Crippen molar-refractivity contribution in [3.05, 3.63) is 64.7 Å². The average molecular weight is 435 g/mol. The monoisotopic (exact) mass is 435 g/mol. The Labute approximate surface area is 173 Å². The van der Waals surface area contributed by atoms with Crippen LogP contribution in [0.25, 0.3) is 10.6 Å². The number of hydrogen-bond donors (Lipinski definition) is 2. The molecule has 156 valence electrons. The number of nitrogens with two attached hydrogens (primary N) is 1. The van der Waals surface area contributed by atoms with Gasteiger partial charge in [-0.05, 0) is 30.3 Å². The molecule has 0 fully saturated rings. The van der Waals surface area contributed by atoms with Crippen LogP contribution < -0.4 is 15.8 Å². The second-order valence-electron chi connectivity index (χ2n) is 6.22. The lowest BCUT2D eigenvalue weighted by Crippen LogP contribution is -2.17. The van der Waals surface area contributed by atoms with E-state index in [9.17, 15) is 22.8 Å². The Bertz CT molecular complexity index is 1080. The minimum atomic E-state index is -4.41. The van der Waals surface area contributed by atoms with Crippen LogP contribution in [0.3, 0.4) is 0 Å². The lowest BCUT2D eigenvalue weighted by atomic mass is 10.1. The number of nitrogens with zero attached hydrogens (tertiary/aromatic N) is 1. The van der Waals surface area contributed by atoms with Gasteiger partial charge in [0.1, 0.15) is 10.8 Å². The van der Waals surface area contributed by atoms with Crippen molar-refractivity contribution >= 4 is 28.8 Å². The zero-order valence-corrected chi connectivity index (χ0v) is 16.4. The predicted octanol–water partition coefficient (Wildman–Crippen LogP) is 4.12. The minimum absolute atomic E-state index is 0.0684. The van der Waals surface area contributed by atoms with Gasteiger partial charge >= 0.3 is 6.18 Å². The number of benzene rings is 2. The Morgan fingerprint density at radius 3 is 2.47 bits per heavy atom. The first-order valence-electron chi connectivity index (χ1n) is 8.57. The first-order valence-corrected chi connectivity index (χ1v) is 9.45. The molecule has 0 bridgehead atoms. The molecule has 3 aromatic rings. The van der Waals surface area contributed by atoms with E-state index >= 15 is 0 Å². The molecule has 0 saturated carbocycles. The molecule has 1 aromatic heterocycles. The molecule has 6 nitrogen and oxygen atoms in total. The Morgan fingerprint density at radius 1 is 1.17 bits per heavy atom.